The van der Waals surface area contributed by atoms with E-state index in [1.165, 1.54) is 7.11 Å². The number of piperidine rings is 1. The fourth-order valence-corrected chi connectivity index (χ4v) is 3.95. The van der Waals surface area contributed by atoms with E-state index in [0.29, 0.717) is 25.4 Å². The SMILES string of the molecule is COC(=O)C(Cc1ccccc1)NC(=O)N1CCC(c2nc3ccccc3[nH]2)CC1. The van der Waals surface area contributed by atoms with Gasteiger partial charge < -0.3 is 19.9 Å². The van der Waals surface area contributed by atoms with E-state index in [-0.39, 0.29) is 6.03 Å². The molecule has 0 radical (unpaired) electrons. The minimum atomic E-state index is -0.710. The van der Waals surface area contributed by atoms with E-state index in [1.54, 1.807) is 4.90 Å². The molecule has 7 nitrogen and oxygen atoms in total. The summed E-state index contributed by atoms with van der Waals surface area (Å²) in [5.74, 6) is 0.833. The third-order valence-corrected chi connectivity index (χ3v) is 5.64. The number of para-hydroxylation sites is 2. The van der Waals surface area contributed by atoms with Gasteiger partial charge in [0, 0.05) is 25.4 Å². The lowest BCUT2D eigenvalue weighted by Crippen LogP contribution is -2.51. The largest absolute Gasteiger partial charge is 0.467 e. The van der Waals surface area contributed by atoms with Crippen LogP contribution >= 0.6 is 0 Å². The molecule has 0 aliphatic carbocycles. The van der Waals surface area contributed by atoms with Crippen molar-refractivity contribution in [1.29, 1.82) is 0 Å². The highest BCUT2D eigenvalue weighted by molar-refractivity contribution is 5.84. The van der Waals surface area contributed by atoms with Crippen molar-refractivity contribution in [3.8, 4) is 0 Å². The second-order valence-electron chi connectivity index (χ2n) is 7.62. The second-order valence-corrected chi connectivity index (χ2v) is 7.62. The number of nitrogens with one attached hydrogen (secondary N) is 2. The van der Waals surface area contributed by atoms with Crippen molar-refractivity contribution >= 4 is 23.0 Å². The molecular weight excluding hydrogens is 380 g/mol. The van der Waals surface area contributed by atoms with Gasteiger partial charge in [-0.3, -0.25) is 0 Å². The molecule has 2 aromatic carbocycles. The number of likely N-dealkylation sites (tertiary alicyclic amines) is 1. The highest BCUT2D eigenvalue weighted by atomic mass is 16.5. The Morgan fingerprint density at radius 3 is 2.53 bits per heavy atom. The molecule has 0 spiro atoms. The number of ether oxygens (including phenoxy) is 1. The number of aromatic amines is 1. The fraction of sp³-hybridized carbons (Fsp3) is 0.348. The number of fused-ring (bicyclic) bond motifs is 1. The van der Waals surface area contributed by atoms with Crippen LogP contribution < -0.4 is 5.32 Å². The molecule has 1 aromatic heterocycles. The highest BCUT2D eigenvalue weighted by Gasteiger charge is 2.29. The van der Waals surface area contributed by atoms with E-state index in [4.69, 9.17) is 9.72 Å². The Bertz CT molecular complexity index is 976. The molecule has 4 rings (SSSR count). The van der Waals surface area contributed by atoms with Crippen molar-refractivity contribution in [1.82, 2.24) is 20.2 Å². The number of carbonyl (C=O) groups excluding carboxylic acids is 2. The number of aromatic nitrogens is 2. The molecule has 1 aliphatic heterocycles. The molecule has 1 saturated heterocycles. The molecule has 2 amide bonds. The maximum absolute atomic E-state index is 12.8. The van der Waals surface area contributed by atoms with Crippen LogP contribution in [0, 0.1) is 0 Å². The number of hydrogen-bond acceptors (Lipinski definition) is 4. The molecule has 0 saturated carbocycles. The summed E-state index contributed by atoms with van der Waals surface area (Å²) in [4.78, 5) is 34.8. The third-order valence-electron chi connectivity index (χ3n) is 5.64. The molecule has 1 fully saturated rings. The molecule has 1 aliphatic rings. The van der Waals surface area contributed by atoms with Gasteiger partial charge in [0.05, 0.1) is 18.1 Å². The second kappa shape index (κ2) is 8.98. The van der Waals surface area contributed by atoms with E-state index < -0.39 is 12.0 Å². The van der Waals surface area contributed by atoms with Crippen molar-refractivity contribution in [2.45, 2.75) is 31.2 Å². The first-order chi connectivity index (χ1) is 14.6. The Kier molecular flexibility index (Phi) is 5.97. The summed E-state index contributed by atoms with van der Waals surface area (Å²) >= 11 is 0. The molecule has 156 valence electrons. The van der Waals surface area contributed by atoms with Gasteiger partial charge in [0.1, 0.15) is 11.9 Å². The number of rotatable bonds is 5. The zero-order chi connectivity index (χ0) is 20.9. The van der Waals surface area contributed by atoms with Crippen LogP contribution in [-0.4, -0.2) is 53.1 Å². The van der Waals surface area contributed by atoms with E-state index in [1.807, 2.05) is 54.6 Å². The fourth-order valence-electron chi connectivity index (χ4n) is 3.95. The Balaban J connectivity index is 1.36. The van der Waals surface area contributed by atoms with Crippen LogP contribution in [0.15, 0.2) is 54.6 Å². The summed E-state index contributed by atoms with van der Waals surface area (Å²) < 4.78 is 4.89. The van der Waals surface area contributed by atoms with Crippen molar-refractivity contribution in [3.63, 3.8) is 0 Å². The summed E-state index contributed by atoms with van der Waals surface area (Å²) in [5, 5.41) is 2.85. The van der Waals surface area contributed by atoms with Gasteiger partial charge in [0.15, 0.2) is 0 Å². The predicted molar refractivity (Wildman–Crippen MR) is 114 cm³/mol. The number of urea groups is 1. The number of methoxy groups -OCH3 is 1. The average molecular weight is 406 g/mol. The first-order valence-corrected chi connectivity index (χ1v) is 10.3. The topological polar surface area (TPSA) is 87.3 Å². The molecule has 2 heterocycles. The van der Waals surface area contributed by atoms with Crippen molar-refractivity contribution in [2.24, 2.45) is 0 Å². The molecule has 1 unspecified atom stereocenters. The van der Waals surface area contributed by atoms with Gasteiger partial charge in [-0.15, -0.1) is 0 Å². The quantitative estimate of drug-likeness (QED) is 0.637. The van der Waals surface area contributed by atoms with Crippen LogP contribution in [0.4, 0.5) is 4.79 Å². The van der Waals surface area contributed by atoms with Crippen LogP contribution in [0.3, 0.4) is 0 Å². The maximum atomic E-state index is 12.8. The standard InChI is InChI=1S/C23H26N4O3/c1-30-22(28)20(15-16-7-3-2-4-8-16)26-23(29)27-13-11-17(12-14-27)21-24-18-9-5-6-10-19(18)25-21/h2-10,17,20H,11-15H2,1H3,(H,24,25)(H,26,29). The van der Waals surface area contributed by atoms with Gasteiger partial charge in [0.25, 0.3) is 0 Å². The van der Waals surface area contributed by atoms with E-state index in [2.05, 4.69) is 10.3 Å². The molecule has 0 bridgehead atoms. The Hall–Kier alpha value is -3.35. The van der Waals surface area contributed by atoms with Crippen molar-refractivity contribution < 1.29 is 14.3 Å². The zero-order valence-corrected chi connectivity index (χ0v) is 17.0. The summed E-state index contributed by atoms with van der Waals surface area (Å²) in [6, 6.07) is 16.7. The Morgan fingerprint density at radius 1 is 1.13 bits per heavy atom. The first kappa shape index (κ1) is 19.9. The van der Waals surface area contributed by atoms with Gasteiger partial charge in [-0.2, -0.15) is 0 Å². The summed E-state index contributed by atoms with van der Waals surface area (Å²) in [6.07, 6.45) is 2.05. The van der Waals surface area contributed by atoms with Crippen LogP contribution in [0.2, 0.25) is 0 Å². The molecule has 3 aromatic rings. The lowest BCUT2D eigenvalue weighted by molar-refractivity contribution is -0.142. The molecule has 1 atom stereocenters. The number of imidazole rings is 1. The van der Waals surface area contributed by atoms with Crippen LogP contribution in [0.1, 0.15) is 30.1 Å². The number of H-pyrrole nitrogens is 1. The third kappa shape index (κ3) is 4.45. The number of esters is 1. The summed E-state index contributed by atoms with van der Waals surface area (Å²) in [6.45, 7) is 1.24. The van der Waals surface area contributed by atoms with Gasteiger partial charge in [0.2, 0.25) is 0 Å². The number of benzene rings is 2. The van der Waals surface area contributed by atoms with Crippen molar-refractivity contribution in [3.05, 3.63) is 66.0 Å². The van der Waals surface area contributed by atoms with Crippen molar-refractivity contribution in [2.75, 3.05) is 20.2 Å². The Morgan fingerprint density at radius 2 is 1.83 bits per heavy atom. The van der Waals surface area contributed by atoms with Gasteiger partial charge >= 0.3 is 12.0 Å². The van der Waals surface area contributed by atoms with Crippen LogP contribution in [0.25, 0.3) is 11.0 Å². The van der Waals surface area contributed by atoms with E-state index >= 15 is 0 Å². The first-order valence-electron chi connectivity index (χ1n) is 10.3. The molecule has 2 N–H and O–H groups in total. The normalized spacial score (nSPS) is 15.7. The predicted octanol–water partition coefficient (Wildman–Crippen LogP) is 3.24. The average Bonchev–Trinajstić information content (AvgIpc) is 3.23. The number of carbonyl (C=O) groups is 2. The number of amides is 2. The van der Waals surface area contributed by atoms with Gasteiger partial charge in [-0.1, -0.05) is 42.5 Å². The van der Waals surface area contributed by atoms with Gasteiger partial charge in [-0.25, -0.2) is 14.6 Å². The van der Waals surface area contributed by atoms with E-state index in [9.17, 15) is 9.59 Å². The maximum Gasteiger partial charge on any atom is 0.328 e. The highest BCUT2D eigenvalue weighted by Crippen LogP contribution is 2.27. The molecular formula is C23H26N4O3. The monoisotopic (exact) mass is 406 g/mol. The Labute approximate surface area is 175 Å². The zero-order valence-electron chi connectivity index (χ0n) is 17.0. The molecule has 7 heteroatoms. The lowest BCUT2D eigenvalue weighted by Gasteiger charge is -2.32. The minimum absolute atomic E-state index is 0.232. The summed E-state index contributed by atoms with van der Waals surface area (Å²) in [5.41, 5.74) is 2.97. The van der Waals surface area contributed by atoms with Gasteiger partial charge in [-0.05, 0) is 30.5 Å². The number of hydrogen-bond donors (Lipinski definition) is 2. The summed E-state index contributed by atoms with van der Waals surface area (Å²) in [7, 11) is 1.34. The lowest BCUT2D eigenvalue weighted by atomic mass is 9.96. The van der Waals surface area contributed by atoms with E-state index in [0.717, 1.165) is 35.3 Å². The van der Waals surface area contributed by atoms with Crippen LogP contribution in [-0.2, 0) is 16.0 Å². The minimum Gasteiger partial charge on any atom is -0.467 e. The molecule has 30 heavy (non-hydrogen) atoms. The van der Waals surface area contributed by atoms with Crippen LogP contribution in [0.5, 0.6) is 0 Å². The smallest absolute Gasteiger partial charge is 0.328 e. The number of nitrogens with zero attached hydrogens (tertiary/aromatic N) is 2.